The van der Waals surface area contributed by atoms with Crippen molar-refractivity contribution in [3.05, 3.63) is 34.2 Å². The summed E-state index contributed by atoms with van der Waals surface area (Å²) in [5.74, 6) is 2.10. The number of anilines is 2. The predicted molar refractivity (Wildman–Crippen MR) is 90.3 cm³/mol. The minimum atomic E-state index is 0.381. The summed E-state index contributed by atoms with van der Waals surface area (Å²) in [6, 6.07) is 6.91. The largest absolute Gasteiger partial charge is 0.368 e. The van der Waals surface area contributed by atoms with E-state index in [0.717, 1.165) is 43.5 Å². The van der Waals surface area contributed by atoms with Gasteiger partial charge in [-0.1, -0.05) is 6.07 Å². The van der Waals surface area contributed by atoms with Gasteiger partial charge >= 0.3 is 0 Å². The molecule has 22 heavy (non-hydrogen) atoms. The number of aromatic nitrogens is 2. The Morgan fingerprint density at radius 3 is 3.14 bits per heavy atom. The molecule has 4 rings (SSSR count). The summed E-state index contributed by atoms with van der Waals surface area (Å²) in [7, 11) is 0. The fraction of sp³-hybridized carbons (Fsp3) is 0.500. The molecule has 116 valence electrons. The van der Waals surface area contributed by atoms with Crippen molar-refractivity contribution in [2.45, 2.75) is 25.3 Å². The van der Waals surface area contributed by atoms with Gasteiger partial charge < -0.3 is 16.0 Å². The highest BCUT2D eigenvalue weighted by atomic mass is 32.1. The van der Waals surface area contributed by atoms with E-state index < -0.39 is 0 Å². The number of nitrogens with one attached hydrogen (secondary N) is 1. The van der Waals surface area contributed by atoms with Gasteiger partial charge in [0, 0.05) is 36.5 Å². The molecule has 0 unspecified atom stereocenters. The van der Waals surface area contributed by atoms with Gasteiger partial charge in [0.2, 0.25) is 5.95 Å². The molecule has 6 heteroatoms. The highest BCUT2D eigenvalue weighted by Gasteiger charge is 2.34. The number of nitrogens with two attached hydrogens (primary N) is 1. The molecule has 2 aliphatic heterocycles. The SMILES string of the molecule is Nc1nc(Cc2cccs2)cc(N2C[C@@H]3CCCN[C@@H]3C2)n1. The average molecular weight is 315 g/mol. The number of hydrogen-bond acceptors (Lipinski definition) is 6. The maximum atomic E-state index is 5.94. The van der Waals surface area contributed by atoms with Crippen LogP contribution in [0.25, 0.3) is 0 Å². The first-order chi connectivity index (χ1) is 10.8. The highest BCUT2D eigenvalue weighted by molar-refractivity contribution is 7.09. The van der Waals surface area contributed by atoms with Crippen LogP contribution in [0.4, 0.5) is 11.8 Å². The van der Waals surface area contributed by atoms with E-state index in [1.807, 2.05) is 0 Å². The second-order valence-corrected chi connectivity index (χ2v) is 7.23. The zero-order chi connectivity index (χ0) is 14.9. The van der Waals surface area contributed by atoms with Crippen LogP contribution in [0.2, 0.25) is 0 Å². The molecule has 4 heterocycles. The molecule has 3 N–H and O–H groups in total. The Balaban J connectivity index is 1.55. The van der Waals surface area contributed by atoms with Crippen LogP contribution in [0.1, 0.15) is 23.4 Å². The molecule has 5 nitrogen and oxygen atoms in total. The Hall–Kier alpha value is -1.66. The summed E-state index contributed by atoms with van der Waals surface area (Å²) < 4.78 is 0. The molecular weight excluding hydrogens is 294 g/mol. The summed E-state index contributed by atoms with van der Waals surface area (Å²) in [6.45, 7) is 3.25. The monoisotopic (exact) mass is 315 g/mol. The summed E-state index contributed by atoms with van der Waals surface area (Å²) in [6.07, 6.45) is 3.43. The Morgan fingerprint density at radius 1 is 1.36 bits per heavy atom. The minimum Gasteiger partial charge on any atom is -0.368 e. The van der Waals surface area contributed by atoms with E-state index in [1.54, 1.807) is 11.3 Å². The quantitative estimate of drug-likeness (QED) is 0.905. The topological polar surface area (TPSA) is 67.1 Å². The fourth-order valence-corrected chi connectivity index (χ4v) is 4.30. The van der Waals surface area contributed by atoms with Crippen LogP contribution in [0.5, 0.6) is 0 Å². The van der Waals surface area contributed by atoms with Crippen molar-refractivity contribution in [1.29, 1.82) is 0 Å². The highest BCUT2D eigenvalue weighted by Crippen LogP contribution is 2.29. The molecule has 0 saturated carbocycles. The van der Waals surface area contributed by atoms with Gasteiger partial charge in [0.25, 0.3) is 0 Å². The number of thiophene rings is 1. The number of rotatable bonds is 3. The smallest absolute Gasteiger partial charge is 0.222 e. The van der Waals surface area contributed by atoms with Crippen LogP contribution < -0.4 is 16.0 Å². The van der Waals surface area contributed by atoms with E-state index in [4.69, 9.17) is 5.73 Å². The van der Waals surface area contributed by atoms with Crippen LogP contribution >= 0.6 is 11.3 Å². The van der Waals surface area contributed by atoms with Gasteiger partial charge in [-0.05, 0) is 36.8 Å². The molecule has 2 atom stereocenters. The molecule has 2 saturated heterocycles. The Kier molecular flexibility index (Phi) is 3.72. The Morgan fingerprint density at radius 2 is 2.32 bits per heavy atom. The predicted octanol–water partition coefficient (Wildman–Crippen LogP) is 1.90. The maximum Gasteiger partial charge on any atom is 0.222 e. The van der Waals surface area contributed by atoms with Crippen molar-refractivity contribution >= 4 is 23.1 Å². The van der Waals surface area contributed by atoms with E-state index in [-0.39, 0.29) is 0 Å². The van der Waals surface area contributed by atoms with Gasteiger partial charge in [0.15, 0.2) is 0 Å². The number of piperidine rings is 1. The molecule has 2 aromatic rings. The van der Waals surface area contributed by atoms with Gasteiger partial charge in [0.05, 0.1) is 5.69 Å². The van der Waals surface area contributed by atoms with Crippen LogP contribution in [-0.2, 0) is 6.42 Å². The van der Waals surface area contributed by atoms with Crippen molar-refractivity contribution in [3.8, 4) is 0 Å². The number of hydrogen-bond donors (Lipinski definition) is 2. The van der Waals surface area contributed by atoms with Crippen LogP contribution in [0.3, 0.4) is 0 Å². The van der Waals surface area contributed by atoms with E-state index in [2.05, 4.69) is 43.8 Å². The third-order valence-electron chi connectivity index (χ3n) is 4.64. The molecule has 0 radical (unpaired) electrons. The molecule has 0 spiro atoms. The van der Waals surface area contributed by atoms with Gasteiger partial charge in [0.1, 0.15) is 5.82 Å². The molecule has 2 aromatic heterocycles. The zero-order valence-corrected chi connectivity index (χ0v) is 13.4. The maximum absolute atomic E-state index is 5.94. The van der Waals surface area contributed by atoms with Gasteiger partial charge in [-0.25, -0.2) is 4.98 Å². The lowest BCUT2D eigenvalue weighted by atomic mass is 9.94. The van der Waals surface area contributed by atoms with E-state index in [9.17, 15) is 0 Å². The van der Waals surface area contributed by atoms with Crippen molar-refractivity contribution in [2.24, 2.45) is 5.92 Å². The summed E-state index contributed by atoms with van der Waals surface area (Å²) in [5.41, 5.74) is 6.95. The van der Waals surface area contributed by atoms with Crippen molar-refractivity contribution < 1.29 is 0 Å². The Bertz CT molecular complexity index is 628. The lowest BCUT2D eigenvalue weighted by Gasteiger charge is -2.24. The summed E-state index contributed by atoms with van der Waals surface area (Å²) in [4.78, 5) is 12.5. The summed E-state index contributed by atoms with van der Waals surface area (Å²) in [5, 5.41) is 5.73. The Labute approximate surface area is 134 Å². The minimum absolute atomic E-state index is 0.381. The first kappa shape index (κ1) is 14.0. The molecular formula is C16H21N5S. The van der Waals surface area contributed by atoms with Crippen LogP contribution in [-0.4, -0.2) is 35.6 Å². The number of nitrogen functional groups attached to an aromatic ring is 1. The molecule has 0 aromatic carbocycles. The molecule has 0 aliphatic carbocycles. The third kappa shape index (κ3) is 2.80. The molecule has 2 aliphatic rings. The zero-order valence-electron chi connectivity index (χ0n) is 12.5. The second kappa shape index (κ2) is 5.85. The van der Waals surface area contributed by atoms with Crippen molar-refractivity contribution in [3.63, 3.8) is 0 Å². The van der Waals surface area contributed by atoms with Gasteiger partial charge in [-0.2, -0.15) is 4.98 Å². The van der Waals surface area contributed by atoms with E-state index in [0.29, 0.717) is 12.0 Å². The third-order valence-corrected chi connectivity index (χ3v) is 5.52. The van der Waals surface area contributed by atoms with E-state index >= 15 is 0 Å². The van der Waals surface area contributed by atoms with Crippen LogP contribution in [0, 0.1) is 5.92 Å². The number of fused-ring (bicyclic) bond motifs is 1. The average Bonchev–Trinajstić information content (AvgIpc) is 3.15. The van der Waals surface area contributed by atoms with E-state index in [1.165, 1.54) is 17.7 Å². The van der Waals surface area contributed by atoms with Crippen LogP contribution in [0.15, 0.2) is 23.6 Å². The van der Waals surface area contributed by atoms with Crippen molar-refractivity contribution in [2.75, 3.05) is 30.3 Å². The molecule has 2 fully saturated rings. The lowest BCUT2D eigenvalue weighted by molar-refractivity contribution is 0.340. The van der Waals surface area contributed by atoms with Crippen molar-refractivity contribution in [1.82, 2.24) is 15.3 Å². The standard InChI is InChI=1S/C16H21N5S/c17-16-19-12(7-13-4-2-6-22-13)8-15(20-16)21-9-11-3-1-5-18-14(11)10-21/h2,4,6,8,11,14,18H,1,3,5,7,9-10H2,(H2,17,19,20)/t11-,14+/m0/s1. The first-order valence-electron chi connectivity index (χ1n) is 7.92. The second-order valence-electron chi connectivity index (χ2n) is 6.20. The fourth-order valence-electron chi connectivity index (χ4n) is 3.58. The number of nitrogens with zero attached hydrogens (tertiary/aromatic N) is 3. The van der Waals surface area contributed by atoms with Gasteiger partial charge in [-0.15, -0.1) is 11.3 Å². The normalized spacial score (nSPS) is 24.5. The van der Waals surface area contributed by atoms with Gasteiger partial charge in [-0.3, -0.25) is 0 Å². The summed E-state index contributed by atoms with van der Waals surface area (Å²) >= 11 is 1.75. The first-order valence-corrected chi connectivity index (χ1v) is 8.80. The molecule has 0 bridgehead atoms. The lowest BCUT2D eigenvalue weighted by Crippen LogP contribution is -2.40. The molecule has 0 amide bonds.